The molecular formula is C13H21NO6. The third kappa shape index (κ3) is 6.31. The van der Waals surface area contributed by atoms with E-state index in [-0.39, 0.29) is 31.1 Å². The van der Waals surface area contributed by atoms with Gasteiger partial charge in [0, 0.05) is 5.57 Å². The molecular weight excluding hydrogens is 266 g/mol. The van der Waals surface area contributed by atoms with Crippen LogP contribution in [0.5, 0.6) is 0 Å². The third-order valence-electron chi connectivity index (χ3n) is 2.33. The summed E-state index contributed by atoms with van der Waals surface area (Å²) in [5.74, 6) is -2.96. The van der Waals surface area contributed by atoms with E-state index >= 15 is 0 Å². The van der Waals surface area contributed by atoms with Crippen LogP contribution < -0.4 is 0 Å². The Morgan fingerprint density at radius 2 is 1.60 bits per heavy atom. The highest BCUT2D eigenvalue weighted by atomic mass is 16.6. The van der Waals surface area contributed by atoms with Gasteiger partial charge < -0.3 is 9.47 Å². The minimum absolute atomic E-state index is 0.0487. The number of esters is 2. The zero-order chi connectivity index (χ0) is 15.7. The van der Waals surface area contributed by atoms with Crippen molar-refractivity contribution in [3.63, 3.8) is 0 Å². The minimum atomic E-state index is -1.37. The van der Waals surface area contributed by atoms with Gasteiger partial charge in [0.2, 0.25) is 6.20 Å². The first-order valence-electron chi connectivity index (χ1n) is 6.50. The Morgan fingerprint density at radius 3 is 1.90 bits per heavy atom. The fraction of sp³-hybridized carbons (Fsp3) is 0.692. The number of hydrogen-bond acceptors (Lipinski definition) is 6. The number of ether oxygens (including phenoxy) is 2. The molecule has 114 valence electrons. The molecule has 0 aliphatic rings. The summed E-state index contributed by atoms with van der Waals surface area (Å²) in [6, 6.07) is 0. The van der Waals surface area contributed by atoms with E-state index in [1.54, 1.807) is 13.8 Å². The molecule has 0 aliphatic heterocycles. The van der Waals surface area contributed by atoms with Gasteiger partial charge in [0.1, 0.15) is 0 Å². The second-order valence-corrected chi connectivity index (χ2v) is 4.52. The van der Waals surface area contributed by atoms with Crippen LogP contribution in [0.1, 0.15) is 34.1 Å². The van der Waals surface area contributed by atoms with E-state index in [2.05, 4.69) is 0 Å². The van der Waals surface area contributed by atoms with Crippen molar-refractivity contribution in [2.45, 2.75) is 34.1 Å². The second kappa shape index (κ2) is 9.06. The molecule has 0 heterocycles. The van der Waals surface area contributed by atoms with Crippen molar-refractivity contribution in [2.24, 2.45) is 11.8 Å². The fourth-order valence-corrected chi connectivity index (χ4v) is 1.70. The van der Waals surface area contributed by atoms with Gasteiger partial charge in [-0.15, -0.1) is 0 Å². The van der Waals surface area contributed by atoms with Crippen molar-refractivity contribution >= 4 is 11.9 Å². The first kappa shape index (κ1) is 18.1. The number of rotatable bonds is 8. The zero-order valence-electron chi connectivity index (χ0n) is 12.3. The van der Waals surface area contributed by atoms with E-state index in [0.29, 0.717) is 6.20 Å². The Labute approximate surface area is 118 Å². The highest BCUT2D eigenvalue weighted by molar-refractivity contribution is 5.98. The molecule has 20 heavy (non-hydrogen) atoms. The summed E-state index contributed by atoms with van der Waals surface area (Å²) in [4.78, 5) is 33.8. The van der Waals surface area contributed by atoms with E-state index in [9.17, 15) is 19.7 Å². The van der Waals surface area contributed by atoms with Crippen LogP contribution in [0.3, 0.4) is 0 Å². The minimum Gasteiger partial charge on any atom is -0.465 e. The van der Waals surface area contributed by atoms with Gasteiger partial charge in [-0.25, -0.2) is 0 Å². The van der Waals surface area contributed by atoms with Gasteiger partial charge in [-0.1, -0.05) is 13.8 Å². The molecule has 0 aromatic heterocycles. The third-order valence-corrected chi connectivity index (χ3v) is 2.33. The predicted molar refractivity (Wildman–Crippen MR) is 71.3 cm³/mol. The second-order valence-electron chi connectivity index (χ2n) is 4.52. The maximum absolute atomic E-state index is 11.9. The van der Waals surface area contributed by atoms with Crippen LogP contribution in [-0.4, -0.2) is 30.1 Å². The smallest absolute Gasteiger partial charge is 0.324 e. The molecule has 0 unspecified atom stereocenters. The highest BCUT2D eigenvalue weighted by Gasteiger charge is 2.35. The molecule has 0 N–H and O–H groups in total. The van der Waals surface area contributed by atoms with Gasteiger partial charge >= 0.3 is 11.9 Å². The van der Waals surface area contributed by atoms with E-state index in [0.717, 1.165) is 0 Å². The van der Waals surface area contributed by atoms with Crippen LogP contribution in [-0.2, 0) is 19.1 Å². The molecule has 0 aromatic carbocycles. The van der Waals surface area contributed by atoms with Crippen LogP contribution in [0.25, 0.3) is 0 Å². The van der Waals surface area contributed by atoms with Crippen molar-refractivity contribution in [2.75, 3.05) is 13.2 Å². The molecule has 0 aromatic rings. The number of carbonyl (C=O) groups is 2. The molecule has 0 aliphatic carbocycles. The van der Waals surface area contributed by atoms with Crippen molar-refractivity contribution in [1.82, 2.24) is 0 Å². The average Bonchev–Trinajstić information content (AvgIpc) is 2.27. The van der Waals surface area contributed by atoms with E-state index < -0.39 is 22.8 Å². The first-order valence-corrected chi connectivity index (χ1v) is 6.50. The van der Waals surface area contributed by atoms with Gasteiger partial charge in [-0.2, -0.15) is 0 Å². The first-order chi connectivity index (χ1) is 9.33. The summed E-state index contributed by atoms with van der Waals surface area (Å²) < 4.78 is 9.62. The molecule has 0 saturated heterocycles. The number of carbonyl (C=O) groups excluding carboxylic acids is 2. The summed E-state index contributed by atoms with van der Waals surface area (Å²) in [6.45, 7) is 7.03. The Hall–Kier alpha value is -1.92. The number of nitro groups is 1. The Balaban J connectivity index is 5.45. The van der Waals surface area contributed by atoms with Gasteiger partial charge in [0.25, 0.3) is 0 Å². The quantitative estimate of drug-likeness (QED) is 0.293. The Kier molecular flexibility index (Phi) is 8.19. The molecule has 0 bridgehead atoms. The molecule has 0 amide bonds. The topological polar surface area (TPSA) is 95.7 Å². The van der Waals surface area contributed by atoms with Gasteiger partial charge in [-0.05, 0) is 26.2 Å². The van der Waals surface area contributed by atoms with Crippen LogP contribution in [0, 0.1) is 22.0 Å². The molecule has 0 fully saturated rings. The lowest BCUT2D eigenvalue weighted by Gasteiger charge is -2.17. The largest absolute Gasteiger partial charge is 0.465 e. The fourth-order valence-electron chi connectivity index (χ4n) is 1.70. The van der Waals surface area contributed by atoms with Crippen molar-refractivity contribution < 1.29 is 24.0 Å². The molecule has 0 saturated carbocycles. The molecule has 7 heteroatoms. The average molecular weight is 287 g/mol. The van der Waals surface area contributed by atoms with Gasteiger partial charge in [-0.3, -0.25) is 19.7 Å². The van der Waals surface area contributed by atoms with Gasteiger partial charge in [0.15, 0.2) is 5.92 Å². The summed E-state index contributed by atoms with van der Waals surface area (Å²) in [6.07, 6.45) is 0.932. The highest BCUT2D eigenvalue weighted by Crippen LogP contribution is 2.23. The SMILES string of the molecule is CCOC(=O)C(C(=O)OCC)/C(=C/[N+](=O)[O-])CC(C)C. The molecule has 0 rings (SSSR count). The summed E-state index contributed by atoms with van der Waals surface area (Å²) in [5.41, 5.74) is 0.0990. The lowest BCUT2D eigenvalue weighted by molar-refractivity contribution is -0.404. The van der Waals surface area contributed by atoms with Crippen LogP contribution in [0.15, 0.2) is 11.8 Å². The van der Waals surface area contributed by atoms with Crippen molar-refractivity contribution in [1.29, 1.82) is 0 Å². The van der Waals surface area contributed by atoms with E-state index in [1.165, 1.54) is 0 Å². The lowest BCUT2D eigenvalue weighted by atomic mass is 9.92. The predicted octanol–water partition coefficient (Wildman–Crippen LogP) is 1.94. The Bertz CT molecular complexity index is 370. The molecule has 7 nitrogen and oxygen atoms in total. The maximum atomic E-state index is 11.9. The van der Waals surface area contributed by atoms with Crippen LogP contribution >= 0.6 is 0 Å². The van der Waals surface area contributed by atoms with Crippen LogP contribution in [0.2, 0.25) is 0 Å². The van der Waals surface area contributed by atoms with E-state index in [1.807, 2.05) is 13.8 Å². The number of hydrogen-bond donors (Lipinski definition) is 0. The molecule has 0 radical (unpaired) electrons. The monoisotopic (exact) mass is 287 g/mol. The normalized spacial score (nSPS) is 11.6. The van der Waals surface area contributed by atoms with Gasteiger partial charge in [0.05, 0.1) is 18.1 Å². The zero-order valence-corrected chi connectivity index (χ0v) is 12.3. The number of nitrogens with zero attached hydrogens (tertiary/aromatic N) is 1. The van der Waals surface area contributed by atoms with Crippen molar-refractivity contribution in [3.05, 3.63) is 21.9 Å². The van der Waals surface area contributed by atoms with E-state index in [4.69, 9.17) is 9.47 Å². The van der Waals surface area contributed by atoms with Crippen LogP contribution in [0.4, 0.5) is 0 Å². The standard InChI is InChI=1S/C13H21NO6/c1-5-19-12(15)11(13(16)20-6-2)10(7-9(3)4)8-14(17)18/h8-9,11H,5-7H2,1-4H3/b10-8+. The summed E-state index contributed by atoms with van der Waals surface area (Å²) in [5, 5.41) is 10.7. The molecule has 0 spiro atoms. The molecule has 0 atom stereocenters. The Morgan fingerprint density at radius 1 is 1.15 bits per heavy atom. The maximum Gasteiger partial charge on any atom is 0.324 e. The summed E-state index contributed by atoms with van der Waals surface area (Å²) >= 11 is 0. The lowest BCUT2D eigenvalue weighted by Crippen LogP contribution is -2.30. The van der Waals surface area contributed by atoms with Crippen molar-refractivity contribution in [3.8, 4) is 0 Å². The summed E-state index contributed by atoms with van der Waals surface area (Å²) in [7, 11) is 0.